The molecule has 0 bridgehead atoms. The Hall–Kier alpha value is -1.31. The molecule has 0 heterocycles. The number of amides is 1. The van der Waals surface area contributed by atoms with Crippen molar-refractivity contribution in [1.29, 1.82) is 0 Å². The lowest BCUT2D eigenvalue weighted by Gasteiger charge is -2.18. The maximum absolute atomic E-state index is 12.3. The van der Waals surface area contributed by atoms with Crippen molar-refractivity contribution >= 4 is 56.4 Å². The molecule has 0 spiro atoms. The van der Waals surface area contributed by atoms with Gasteiger partial charge in [0.15, 0.2) is 0 Å². The number of anilines is 1. The predicted molar refractivity (Wildman–Crippen MR) is 102 cm³/mol. The first-order chi connectivity index (χ1) is 11.6. The first-order valence-corrected chi connectivity index (χ1v) is 10.1. The van der Waals surface area contributed by atoms with Crippen molar-refractivity contribution in [1.82, 2.24) is 4.72 Å². The van der Waals surface area contributed by atoms with E-state index in [4.69, 9.17) is 34.8 Å². The number of benzene rings is 2. The molecule has 0 aliphatic heterocycles. The maximum atomic E-state index is 12.3. The van der Waals surface area contributed by atoms with Gasteiger partial charge in [-0.05, 0) is 35.9 Å². The SMILES string of the molecule is CS(=O)(=O)N[C@H](CC(=O)Nc1ccc(Cl)c(Cl)c1)c1ccc(Cl)cc1. The Balaban J connectivity index is 2.16. The van der Waals surface area contributed by atoms with Gasteiger partial charge in [-0.25, -0.2) is 13.1 Å². The Morgan fingerprint density at radius 2 is 1.68 bits per heavy atom. The van der Waals surface area contributed by atoms with Gasteiger partial charge in [0.1, 0.15) is 0 Å². The molecule has 0 saturated heterocycles. The fraction of sp³-hybridized carbons (Fsp3) is 0.188. The molecule has 2 aromatic rings. The number of carbonyl (C=O) groups excluding carboxylic acids is 1. The van der Waals surface area contributed by atoms with Crippen molar-refractivity contribution in [2.24, 2.45) is 0 Å². The standard InChI is InChI=1S/C16H15Cl3N2O3S/c1-25(23,24)21-15(10-2-4-11(17)5-3-10)9-16(22)20-12-6-7-13(18)14(19)8-12/h2-8,15,21H,9H2,1H3,(H,20,22)/t15-/m1/s1. The van der Waals surface area contributed by atoms with Crippen LogP contribution in [0, 0.1) is 0 Å². The van der Waals surface area contributed by atoms with Gasteiger partial charge in [-0.2, -0.15) is 0 Å². The van der Waals surface area contributed by atoms with Crippen molar-refractivity contribution in [2.45, 2.75) is 12.5 Å². The average molecular weight is 422 g/mol. The molecule has 1 atom stereocenters. The van der Waals surface area contributed by atoms with Crippen LogP contribution in [-0.2, 0) is 14.8 Å². The van der Waals surface area contributed by atoms with Gasteiger partial charge in [0.2, 0.25) is 15.9 Å². The van der Waals surface area contributed by atoms with E-state index in [1.165, 1.54) is 6.07 Å². The third-order valence-corrected chi connectivity index (χ3v) is 4.93. The topological polar surface area (TPSA) is 75.3 Å². The third kappa shape index (κ3) is 6.49. The summed E-state index contributed by atoms with van der Waals surface area (Å²) in [6.45, 7) is 0. The smallest absolute Gasteiger partial charge is 0.226 e. The second kappa shape index (κ2) is 8.38. The molecule has 25 heavy (non-hydrogen) atoms. The van der Waals surface area contributed by atoms with Crippen LogP contribution < -0.4 is 10.0 Å². The number of sulfonamides is 1. The molecule has 2 aromatic carbocycles. The van der Waals surface area contributed by atoms with Crippen LogP contribution in [0.15, 0.2) is 42.5 Å². The third-order valence-electron chi connectivity index (χ3n) is 3.22. The van der Waals surface area contributed by atoms with Gasteiger partial charge in [0, 0.05) is 17.1 Å². The summed E-state index contributed by atoms with van der Waals surface area (Å²) < 4.78 is 25.7. The molecule has 134 valence electrons. The van der Waals surface area contributed by atoms with Gasteiger partial charge in [0.25, 0.3) is 0 Å². The van der Waals surface area contributed by atoms with Crippen molar-refractivity contribution in [3.8, 4) is 0 Å². The summed E-state index contributed by atoms with van der Waals surface area (Å²) in [5.41, 5.74) is 1.09. The summed E-state index contributed by atoms with van der Waals surface area (Å²) >= 11 is 17.6. The molecule has 2 rings (SSSR count). The van der Waals surface area contributed by atoms with E-state index >= 15 is 0 Å². The lowest BCUT2D eigenvalue weighted by Crippen LogP contribution is -2.30. The second-order valence-electron chi connectivity index (χ2n) is 5.38. The second-order valence-corrected chi connectivity index (χ2v) is 8.41. The molecule has 0 aromatic heterocycles. The molecular formula is C16H15Cl3N2O3S. The summed E-state index contributed by atoms with van der Waals surface area (Å²) in [4.78, 5) is 12.3. The van der Waals surface area contributed by atoms with Crippen LogP contribution in [0.25, 0.3) is 0 Å². The first-order valence-electron chi connectivity index (χ1n) is 7.12. The number of nitrogens with one attached hydrogen (secondary N) is 2. The van der Waals surface area contributed by atoms with Gasteiger partial charge in [-0.1, -0.05) is 46.9 Å². The van der Waals surface area contributed by atoms with Crippen LogP contribution in [-0.4, -0.2) is 20.6 Å². The zero-order valence-electron chi connectivity index (χ0n) is 13.1. The highest BCUT2D eigenvalue weighted by atomic mass is 35.5. The summed E-state index contributed by atoms with van der Waals surface area (Å²) in [6, 6.07) is 10.5. The largest absolute Gasteiger partial charge is 0.326 e. The number of carbonyl (C=O) groups is 1. The van der Waals surface area contributed by atoms with Gasteiger partial charge >= 0.3 is 0 Å². The van der Waals surface area contributed by atoms with Crippen molar-refractivity contribution < 1.29 is 13.2 Å². The summed E-state index contributed by atoms with van der Waals surface area (Å²) in [5, 5.41) is 3.86. The first kappa shape index (κ1) is 20.0. The van der Waals surface area contributed by atoms with Gasteiger partial charge in [0.05, 0.1) is 22.3 Å². The molecular weight excluding hydrogens is 407 g/mol. The fourth-order valence-electron chi connectivity index (χ4n) is 2.15. The van der Waals surface area contributed by atoms with Crippen molar-refractivity contribution in [3.05, 3.63) is 63.1 Å². The summed E-state index contributed by atoms with van der Waals surface area (Å²) in [5.74, 6) is -0.380. The molecule has 2 N–H and O–H groups in total. The average Bonchev–Trinajstić information content (AvgIpc) is 2.49. The predicted octanol–water partition coefficient (Wildman–Crippen LogP) is 4.27. The molecule has 0 aliphatic carbocycles. The number of rotatable bonds is 6. The Kier molecular flexibility index (Phi) is 6.71. The lowest BCUT2D eigenvalue weighted by molar-refractivity contribution is -0.116. The summed E-state index contributed by atoms with van der Waals surface area (Å²) in [7, 11) is -3.51. The number of hydrogen-bond acceptors (Lipinski definition) is 3. The van der Waals surface area contributed by atoms with E-state index < -0.39 is 16.1 Å². The number of halogens is 3. The Bertz CT molecular complexity index is 871. The van der Waals surface area contributed by atoms with Crippen LogP contribution in [0.2, 0.25) is 15.1 Å². The van der Waals surface area contributed by atoms with E-state index in [1.807, 2.05) is 0 Å². The quantitative estimate of drug-likeness (QED) is 0.731. The Labute approximate surface area is 161 Å². The Morgan fingerprint density at radius 1 is 1.04 bits per heavy atom. The van der Waals surface area contributed by atoms with Crippen LogP contribution in [0.4, 0.5) is 5.69 Å². The van der Waals surface area contributed by atoms with E-state index in [0.717, 1.165) is 6.26 Å². The zero-order chi connectivity index (χ0) is 18.6. The van der Waals surface area contributed by atoms with Crippen LogP contribution in [0.3, 0.4) is 0 Å². The molecule has 0 radical (unpaired) electrons. The van der Waals surface area contributed by atoms with E-state index in [0.29, 0.717) is 26.3 Å². The highest BCUT2D eigenvalue weighted by Gasteiger charge is 2.20. The minimum Gasteiger partial charge on any atom is -0.326 e. The van der Waals surface area contributed by atoms with E-state index in [1.54, 1.807) is 36.4 Å². The minimum atomic E-state index is -3.51. The van der Waals surface area contributed by atoms with E-state index in [2.05, 4.69) is 10.0 Å². The lowest BCUT2D eigenvalue weighted by atomic mass is 10.0. The molecule has 5 nitrogen and oxygen atoms in total. The summed E-state index contributed by atoms with van der Waals surface area (Å²) in [6.07, 6.45) is 0.932. The molecule has 1 amide bonds. The molecule has 0 unspecified atom stereocenters. The normalized spacial score (nSPS) is 12.6. The molecule has 0 aliphatic rings. The monoisotopic (exact) mass is 420 g/mol. The highest BCUT2D eigenvalue weighted by molar-refractivity contribution is 7.88. The van der Waals surface area contributed by atoms with Crippen molar-refractivity contribution in [3.63, 3.8) is 0 Å². The highest BCUT2D eigenvalue weighted by Crippen LogP contribution is 2.26. The fourth-order valence-corrected chi connectivity index (χ4v) is 3.31. The van der Waals surface area contributed by atoms with E-state index in [9.17, 15) is 13.2 Å². The van der Waals surface area contributed by atoms with Crippen LogP contribution in [0.1, 0.15) is 18.0 Å². The van der Waals surface area contributed by atoms with E-state index in [-0.39, 0.29) is 12.3 Å². The number of hydrogen-bond donors (Lipinski definition) is 2. The molecule has 0 fully saturated rings. The van der Waals surface area contributed by atoms with Gasteiger partial charge in [-0.3, -0.25) is 4.79 Å². The van der Waals surface area contributed by atoms with Crippen molar-refractivity contribution in [2.75, 3.05) is 11.6 Å². The molecule has 9 heteroatoms. The zero-order valence-corrected chi connectivity index (χ0v) is 16.2. The van der Waals surface area contributed by atoms with Gasteiger partial charge < -0.3 is 5.32 Å². The van der Waals surface area contributed by atoms with Gasteiger partial charge in [-0.15, -0.1) is 0 Å². The van der Waals surface area contributed by atoms with Crippen LogP contribution >= 0.6 is 34.8 Å². The molecule has 0 saturated carbocycles. The minimum absolute atomic E-state index is 0.102. The Morgan fingerprint density at radius 3 is 2.24 bits per heavy atom. The van der Waals surface area contributed by atoms with Crippen LogP contribution in [0.5, 0.6) is 0 Å². The maximum Gasteiger partial charge on any atom is 0.226 e.